The largest absolute Gasteiger partial charge is 0.511 e. The van der Waals surface area contributed by atoms with E-state index in [0.717, 1.165) is 12.5 Å². The average molecular weight is 414 g/mol. The topological polar surface area (TPSA) is 141 Å². The number of carbonyl (C=O) groups is 3. The molecule has 3 atom stereocenters. The van der Waals surface area contributed by atoms with E-state index >= 15 is 0 Å². The van der Waals surface area contributed by atoms with Crippen LogP contribution in [0.5, 0.6) is 5.75 Å². The standard InChI is InChI=1S/C22H22O8/c1-9(23)16-15(25)7-12-5-11-6-13-10(8-30-2)3-4-14(24)18(13)19(26)17(11)21(28)22(12,29)20(16)27/h3-4,11-12,24-25,28-29H,5-8H2,1-2H3/t11-,12+,22-/m1/s1. The molecule has 0 unspecified atom stereocenters. The van der Waals surface area contributed by atoms with Gasteiger partial charge in [0, 0.05) is 25.0 Å². The predicted molar refractivity (Wildman–Crippen MR) is 103 cm³/mol. The Hall–Kier alpha value is -2.97. The first kappa shape index (κ1) is 20.3. The van der Waals surface area contributed by atoms with Crippen molar-refractivity contribution in [2.24, 2.45) is 11.8 Å². The number of aliphatic hydroxyl groups is 3. The number of rotatable bonds is 3. The molecule has 0 fully saturated rings. The number of ketones is 3. The number of benzene rings is 1. The van der Waals surface area contributed by atoms with Gasteiger partial charge in [0.1, 0.15) is 22.8 Å². The lowest BCUT2D eigenvalue weighted by atomic mass is 9.60. The molecule has 3 aliphatic rings. The Morgan fingerprint density at radius 2 is 1.90 bits per heavy atom. The maximum absolute atomic E-state index is 13.3. The summed E-state index contributed by atoms with van der Waals surface area (Å²) in [7, 11) is 1.51. The van der Waals surface area contributed by atoms with Gasteiger partial charge < -0.3 is 25.2 Å². The van der Waals surface area contributed by atoms with Gasteiger partial charge in [-0.2, -0.15) is 0 Å². The molecule has 0 aliphatic heterocycles. The predicted octanol–water partition coefficient (Wildman–Crippen LogP) is 1.83. The summed E-state index contributed by atoms with van der Waals surface area (Å²) < 4.78 is 5.18. The molecule has 1 aromatic carbocycles. The Morgan fingerprint density at radius 1 is 1.20 bits per heavy atom. The number of aliphatic hydroxyl groups excluding tert-OH is 2. The molecule has 8 heteroatoms. The minimum Gasteiger partial charge on any atom is -0.511 e. The lowest BCUT2D eigenvalue weighted by Gasteiger charge is -2.45. The molecule has 0 radical (unpaired) electrons. The van der Waals surface area contributed by atoms with Crippen molar-refractivity contribution in [3.05, 3.63) is 51.5 Å². The number of hydrogen-bond acceptors (Lipinski definition) is 8. The smallest absolute Gasteiger partial charge is 0.209 e. The number of fused-ring (bicyclic) bond motifs is 3. The second-order valence-electron chi connectivity index (χ2n) is 8.13. The number of aromatic hydroxyl groups is 1. The van der Waals surface area contributed by atoms with E-state index in [1.54, 1.807) is 6.07 Å². The van der Waals surface area contributed by atoms with Crippen molar-refractivity contribution >= 4 is 17.3 Å². The van der Waals surface area contributed by atoms with E-state index in [0.29, 0.717) is 12.0 Å². The molecule has 0 heterocycles. The van der Waals surface area contributed by atoms with Crippen molar-refractivity contribution in [3.8, 4) is 5.75 Å². The summed E-state index contributed by atoms with van der Waals surface area (Å²) >= 11 is 0. The number of carbonyl (C=O) groups excluding carboxylic acids is 3. The summed E-state index contributed by atoms with van der Waals surface area (Å²) in [4.78, 5) is 38.0. The molecule has 0 spiro atoms. The molecule has 4 N–H and O–H groups in total. The van der Waals surface area contributed by atoms with E-state index in [2.05, 4.69) is 0 Å². The molecule has 0 saturated carbocycles. The Kier molecular flexibility index (Phi) is 4.59. The third kappa shape index (κ3) is 2.57. The van der Waals surface area contributed by atoms with Gasteiger partial charge in [0.15, 0.2) is 17.2 Å². The first-order valence-corrected chi connectivity index (χ1v) is 9.64. The molecular weight excluding hydrogens is 392 g/mol. The van der Waals surface area contributed by atoms with Crippen LogP contribution >= 0.6 is 0 Å². The monoisotopic (exact) mass is 414 g/mol. The highest BCUT2D eigenvalue weighted by Crippen LogP contribution is 2.51. The van der Waals surface area contributed by atoms with Crippen molar-refractivity contribution in [2.45, 2.75) is 38.4 Å². The minimum absolute atomic E-state index is 0.0119. The Bertz CT molecular complexity index is 1060. The lowest BCUT2D eigenvalue weighted by molar-refractivity contribution is -0.144. The highest BCUT2D eigenvalue weighted by molar-refractivity contribution is 6.25. The Morgan fingerprint density at radius 3 is 2.53 bits per heavy atom. The third-order valence-electron chi connectivity index (χ3n) is 6.45. The third-order valence-corrected chi connectivity index (χ3v) is 6.45. The van der Waals surface area contributed by atoms with Gasteiger partial charge in [-0.1, -0.05) is 6.07 Å². The molecule has 0 bridgehead atoms. The van der Waals surface area contributed by atoms with Crippen molar-refractivity contribution in [1.82, 2.24) is 0 Å². The van der Waals surface area contributed by atoms with Gasteiger partial charge in [0.2, 0.25) is 5.78 Å². The van der Waals surface area contributed by atoms with Crippen LogP contribution in [0.15, 0.2) is 34.8 Å². The SMILES string of the molecule is COCc1ccc(O)c2c1C[C@H]1C[C@H]3CC(O)=C(C(C)=O)C(=O)[C@@]3(O)C(O)=C1C2=O. The van der Waals surface area contributed by atoms with Crippen molar-refractivity contribution in [3.63, 3.8) is 0 Å². The summed E-state index contributed by atoms with van der Waals surface area (Å²) in [6, 6.07) is 3.03. The summed E-state index contributed by atoms with van der Waals surface area (Å²) in [6.45, 7) is 1.31. The average Bonchev–Trinajstić information content (AvgIpc) is 2.66. The van der Waals surface area contributed by atoms with Crippen LogP contribution in [0.1, 0.15) is 41.3 Å². The van der Waals surface area contributed by atoms with E-state index in [1.165, 1.54) is 13.2 Å². The van der Waals surface area contributed by atoms with Gasteiger partial charge in [-0.3, -0.25) is 14.4 Å². The maximum Gasteiger partial charge on any atom is 0.209 e. The molecule has 3 aliphatic carbocycles. The number of phenolic OH excluding ortho intramolecular Hbond substituents is 1. The lowest BCUT2D eigenvalue weighted by Crippen LogP contribution is -2.56. The van der Waals surface area contributed by atoms with E-state index in [9.17, 15) is 34.8 Å². The van der Waals surface area contributed by atoms with Crippen LogP contribution in [-0.2, 0) is 27.4 Å². The number of phenols is 1. The molecule has 0 saturated heterocycles. The molecule has 30 heavy (non-hydrogen) atoms. The van der Waals surface area contributed by atoms with Crippen LogP contribution in [0.25, 0.3) is 0 Å². The quantitative estimate of drug-likeness (QED) is 0.549. The highest BCUT2D eigenvalue weighted by atomic mass is 16.5. The number of methoxy groups -OCH3 is 1. The van der Waals surface area contributed by atoms with E-state index in [-0.39, 0.29) is 36.3 Å². The molecule has 0 aromatic heterocycles. The molecule has 0 amide bonds. The normalized spacial score (nSPS) is 28.2. The number of allylic oxidation sites excluding steroid dienone is 2. The number of Topliss-reactive ketones (excluding diaryl/α,β-unsaturated/α-hetero) is 3. The van der Waals surface area contributed by atoms with Crippen molar-refractivity contribution in [1.29, 1.82) is 0 Å². The zero-order chi connectivity index (χ0) is 22.0. The van der Waals surface area contributed by atoms with E-state index in [4.69, 9.17) is 4.74 Å². The van der Waals surface area contributed by atoms with Crippen LogP contribution in [0.2, 0.25) is 0 Å². The van der Waals surface area contributed by atoms with Gasteiger partial charge in [-0.15, -0.1) is 0 Å². The second-order valence-corrected chi connectivity index (χ2v) is 8.13. The molecular formula is C22H22O8. The zero-order valence-electron chi connectivity index (χ0n) is 16.6. The number of hydrogen-bond donors (Lipinski definition) is 4. The van der Waals surface area contributed by atoms with E-state index in [1.807, 2.05) is 0 Å². The summed E-state index contributed by atoms with van der Waals surface area (Å²) in [5.41, 5.74) is -1.83. The maximum atomic E-state index is 13.3. The fourth-order valence-corrected chi connectivity index (χ4v) is 5.08. The van der Waals surface area contributed by atoms with Crippen LogP contribution in [0.4, 0.5) is 0 Å². The zero-order valence-corrected chi connectivity index (χ0v) is 16.6. The first-order chi connectivity index (χ1) is 14.1. The number of ether oxygens (including phenoxy) is 1. The highest BCUT2D eigenvalue weighted by Gasteiger charge is 2.59. The Labute approximate surface area is 172 Å². The van der Waals surface area contributed by atoms with Gasteiger partial charge >= 0.3 is 0 Å². The molecule has 8 nitrogen and oxygen atoms in total. The van der Waals surface area contributed by atoms with Gasteiger partial charge in [-0.25, -0.2) is 0 Å². The van der Waals surface area contributed by atoms with Gasteiger partial charge in [-0.05, 0) is 42.9 Å². The Balaban J connectivity index is 1.90. The van der Waals surface area contributed by atoms with Crippen LogP contribution in [-0.4, -0.2) is 50.5 Å². The fourth-order valence-electron chi connectivity index (χ4n) is 5.08. The van der Waals surface area contributed by atoms with Crippen LogP contribution in [0.3, 0.4) is 0 Å². The van der Waals surface area contributed by atoms with Crippen molar-refractivity contribution < 1.29 is 39.5 Å². The van der Waals surface area contributed by atoms with Crippen LogP contribution in [0, 0.1) is 11.8 Å². The van der Waals surface area contributed by atoms with Gasteiger partial charge in [0.25, 0.3) is 0 Å². The summed E-state index contributed by atoms with van der Waals surface area (Å²) in [5, 5.41) is 42.7. The van der Waals surface area contributed by atoms with Crippen LogP contribution < -0.4 is 0 Å². The molecule has 4 rings (SSSR count). The van der Waals surface area contributed by atoms with Crippen molar-refractivity contribution in [2.75, 3.05) is 7.11 Å². The molecule has 158 valence electrons. The second kappa shape index (κ2) is 6.78. The van der Waals surface area contributed by atoms with E-state index < -0.39 is 51.9 Å². The molecule has 1 aromatic rings. The summed E-state index contributed by atoms with van der Waals surface area (Å²) in [5.74, 6) is -5.40. The van der Waals surface area contributed by atoms with Gasteiger partial charge in [0.05, 0.1) is 12.2 Å². The summed E-state index contributed by atoms with van der Waals surface area (Å²) in [6.07, 6.45) is 0.263. The first-order valence-electron chi connectivity index (χ1n) is 9.64. The fraction of sp³-hybridized carbons (Fsp3) is 0.409. The minimum atomic E-state index is -2.47.